The van der Waals surface area contributed by atoms with Crippen LogP contribution in [0.5, 0.6) is 5.75 Å². The Morgan fingerprint density at radius 3 is 2.48 bits per heavy atom. The lowest BCUT2D eigenvalue weighted by molar-refractivity contribution is 0.0952. The maximum Gasteiger partial charge on any atom is 0.251 e. The summed E-state index contributed by atoms with van der Waals surface area (Å²) in [6, 6.07) is 15.7. The number of hydrogen-bond acceptors (Lipinski definition) is 8. The van der Waals surface area contributed by atoms with E-state index in [2.05, 4.69) is 20.4 Å². The van der Waals surface area contributed by atoms with Crippen molar-refractivity contribution in [1.82, 2.24) is 20.4 Å². The fraction of sp³-hybridized carbons (Fsp3) is 0.348. The molecule has 1 N–H and O–H groups in total. The molecule has 3 aromatic rings. The van der Waals surface area contributed by atoms with Gasteiger partial charge >= 0.3 is 0 Å². The third kappa shape index (κ3) is 7.99. The van der Waals surface area contributed by atoms with Crippen LogP contribution in [-0.2, 0) is 15.6 Å². The number of amides is 1. The molecular weight excluding hydrogens is 444 g/mol. The van der Waals surface area contributed by atoms with Crippen LogP contribution < -0.4 is 10.1 Å². The highest BCUT2D eigenvalue weighted by molar-refractivity contribution is 7.90. The Hall–Kier alpha value is -3.24. The molecular formula is C23H28N4O5S. The predicted molar refractivity (Wildman–Crippen MR) is 125 cm³/mol. The molecule has 1 aromatic heterocycles. The Labute approximate surface area is 193 Å². The smallest absolute Gasteiger partial charge is 0.251 e. The van der Waals surface area contributed by atoms with Gasteiger partial charge < -0.3 is 19.4 Å². The number of ether oxygens (including phenoxy) is 1. The van der Waals surface area contributed by atoms with Gasteiger partial charge in [0.05, 0.1) is 5.75 Å². The molecule has 33 heavy (non-hydrogen) atoms. The average molecular weight is 473 g/mol. The van der Waals surface area contributed by atoms with E-state index in [-0.39, 0.29) is 35.8 Å². The maximum atomic E-state index is 12.3. The molecule has 2 aromatic carbocycles. The molecule has 1 heterocycles. The highest BCUT2D eigenvalue weighted by Gasteiger charge is 2.18. The zero-order valence-electron chi connectivity index (χ0n) is 18.7. The van der Waals surface area contributed by atoms with Crippen LogP contribution in [0.2, 0.25) is 0 Å². The van der Waals surface area contributed by atoms with E-state index in [9.17, 15) is 13.2 Å². The zero-order chi connectivity index (χ0) is 23.7. The molecule has 9 nitrogen and oxygen atoms in total. The summed E-state index contributed by atoms with van der Waals surface area (Å²) in [6.07, 6.45) is 0.864. The molecule has 10 heteroatoms. The molecule has 0 unspecified atom stereocenters. The van der Waals surface area contributed by atoms with E-state index in [4.69, 9.17) is 9.15 Å². The number of nitrogens with one attached hydrogen (secondary N) is 1. The molecule has 0 aliphatic heterocycles. The minimum absolute atomic E-state index is 0.00687. The van der Waals surface area contributed by atoms with Crippen molar-refractivity contribution >= 4 is 15.7 Å². The Kier molecular flexibility index (Phi) is 8.56. The lowest BCUT2D eigenvalue weighted by Crippen LogP contribution is -2.27. The van der Waals surface area contributed by atoms with Crippen molar-refractivity contribution in [3.8, 4) is 17.2 Å². The van der Waals surface area contributed by atoms with Crippen molar-refractivity contribution in [2.24, 2.45) is 0 Å². The van der Waals surface area contributed by atoms with Crippen molar-refractivity contribution in [1.29, 1.82) is 0 Å². The first-order chi connectivity index (χ1) is 15.8. The van der Waals surface area contributed by atoms with Gasteiger partial charge in [0.25, 0.3) is 5.91 Å². The third-order valence-electron chi connectivity index (χ3n) is 4.68. The molecule has 0 radical (unpaired) electrons. The number of nitrogens with zero attached hydrogens (tertiary/aromatic N) is 3. The minimum Gasteiger partial charge on any atom is -0.493 e. The molecule has 0 spiro atoms. The van der Waals surface area contributed by atoms with Crippen LogP contribution in [0, 0.1) is 0 Å². The number of para-hydroxylation sites is 1. The molecule has 0 bridgehead atoms. The topological polar surface area (TPSA) is 115 Å². The Morgan fingerprint density at radius 2 is 1.79 bits per heavy atom. The standard InChI is InChI=1S/C23H28N4O5S/c1-27(2)14-6-13-24-22(28)18-9-11-19(12-10-18)23-26-25-21(32-23)17-33(29,30)16-15-31-20-7-4-3-5-8-20/h3-5,7-12H,6,13-17H2,1-2H3,(H,24,28). The summed E-state index contributed by atoms with van der Waals surface area (Å²) >= 11 is 0. The van der Waals surface area contributed by atoms with Crippen LogP contribution in [0.15, 0.2) is 59.0 Å². The van der Waals surface area contributed by atoms with Gasteiger partial charge in [-0.25, -0.2) is 8.42 Å². The van der Waals surface area contributed by atoms with E-state index in [0.717, 1.165) is 13.0 Å². The molecule has 0 saturated heterocycles. The van der Waals surface area contributed by atoms with Gasteiger partial charge in [-0.15, -0.1) is 10.2 Å². The van der Waals surface area contributed by atoms with Gasteiger partial charge in [-0.2, -0.15) is 0 Å². The number of carbonyl (C=O) groups is 1. The van der Waals surface area contributed by atoms with Crippen LogP contribution in [-0.4, -0.2) is 69.0 Å². The van der Waals surface area contributed by atoms with Gasteiger partial charge in [0.2, 0.25) is 11.8 Å². The van der Waals surface area contributed by atoms with E-state index in [0.29, 0.717) is 23.4 Å². The number of carbonyl (C=O) groups excluding carboxylic acids is 1. The number of sulfone groups is 1. The second-order valence-electron chi connectivity index (χ2n) is 7.74. The molecule has 0 aliphatic carbocycles. The minimum atomic E-state index is -3.49. The summed E-state index contributed by atoms with van der Waals surface area (Å²) < 4.78 is 35.7. The molecule has 0 fully saturated rings. The number of rotatable bonds is 12. The van der Waals surface area contributed by atoms with Gasteiger partial charge in [0.15, 0.2) is 9.84 Å². The second kappa shape index (κ2) is 11.6. The van der Waals surface area contributed by atoms with Crippen LogP contribution in [0.25, 0.3) is 11.5 Å². The van der Waals surface area contributed by atoms with Crippen molar-refractivity contribution in [3.05, 3.63) is 66.1 Å². The summed E-state index contributed by atoms with van der Waals surface area (Å²) in [5, 5.41) is 10.7. The van der Waals surface area contributed by atoms with Gasteiger partial charge in [-0.1, -0.05) is 18.2 Å². The van der Waals surface area contributed by atoms with Crippen LogP contribution in [0.4, 0.5) is 0 Å². The third-order valence-corrected chi connectivity index (χ3v) is 6.15. The van der Waals surface area contributed by atoms with Gasteiger partial charge in [0, 0.05) is 17.7 Å². The highest BCUT2D eigenvalue weighted by Crippen LogP contribution is 2.19. The van der Waals surface area contributed by atoms with Gasteiger partial charge in [-0.05, 0) is 63.5 Å². The van der Waals surface area contributed by atoms with Crippen molar-refractivity contribution in [2.75, 3.05) is 39.5 Å². The molecule has 176 valence electrons. The fourth-order valence-electron chi connectivity index (χ4n) is 2.96. The average Bonchev–Trinajstić information content (AvgIpc) is 3.25. The van der Waals surface area contributed by atoms with Gasteiger partial charge in [-0.3, -0.25) is 4.79 Å². The molecule has 0 saturated carbocycles. The first kappa shape index (κ1) is 24.4. The lowest BCUT2D eigenvalue weighted by atomic mass is 10.1. The summed E-state index contributed by atoms with van der Waals surface area (Å²) in [4.78, 5) is 14.3. The Bertz CT molecular complexity index is 1130. The van der Waals surface area contributed by atoms with E-state index in [1.54, 1.807) is 36.4 Å². The Morgan fingerprint density at radius 1 is 1.06 bits per heavy atom. The largest absolute Gasteiger partial charge is 0.493 e. The molecule has 0 aliphatic rings. The lowest BCUT2D eigenvalue weighted by Gasteiger charge is -2.10. The van der Waals surface area contributed by atoms with Crippen LogP contribution >= 0.6 is 0 Å². The predicted octanol–water partition coefficient (Wildman–Crippen LogP) is 2.41. The summed E-state index contributed by atoms with van der Waals surface area (Å²) in [5.41, 5.74) is 1.12. The van der Waals surface area contributed by atoms with E-state index < -0.39 is 9.84 Å². The van der Waals surface area contributed by atoms with Crippen LogP contribution in [0.1, 0.15) is 22.7 Å². The number of aromatic nitrogens is 2. The summed E-state index contributed by atoms with van der Waals surface area (Å²) in [5.74, 6) is 0.115. The Balaban J connectivity index is 1.51. The second-order valence-corrected chi connectivity index (χ2v) is 9.93. The van der Waals surface area contributed by atoms with E-state index >= 15 is 0 Å². The SMILES string of the molecule is CN(C)CCCNC(=O)c1ccc(-c2nnc(CS(=O)(=O)CCOc3ccccc3)o2)cc1. The maximum absolute atomic E-state index is 12.3. The van der Waals surface area contributed by atoms with Crippen LogP contribution in [0.3, 0.4) is 0 Å². The first-order valence-corrected chi connectivity index (χ1v) is 12.4. The molecule has 1 amide bonds. The zero-order valence-corrected chi connectivity index (χ0v) is 19.5. The summed E-state index contributed by atoms with van der Waals surface area (Å²) in [7, 11) is 0.486. The monoisotopic (exact) mass is 472 g/mol. The normalized spacial score (nSPS) is 11.5. The quantitative estimate of drug-likeness (QED) is 0.400. The first-order valence-electron chi connectivity index (χ1n) is 10.6. The summed E-state index contributed by atoms with van der Waals surface area (Å²) in [6.45, 7) is 1.52. The van der Waals surface area contributed by atoms with Crippen molar-refractivity contribution < 1.29 is 22.4 Å². The highest BCUT2D eigenvalue weighted by atomic mass is 32.2. The van der Waals surface area contributed by atoms with Gasteiger partial charge in [0.1, 0.15) is 18.1 Å². The molecule has 0 atom stereocenters. The van der Waals surface area contributed by atoms with E-state index in [1.807, 2.05) is 32.3 Å². The van der Waals surface area contributed by atoms with Crippen molar-refractivity contribution in [2.45, 2.75) is 12.2 Å². The molecule has 3 rings (SSSR count). The van der Waals surface area contributed by atoms with Crippen molar-refractivity contribution in [3.63, 3.8) is 0 Å². The number of benzene rings is 2. The number of hydrogen-bond donors (Lipinski definition) is 1. The van der Waals surface area contributed by atoms with E-state index in [1.165, 1.54) is 0 Å². The fourth-order valence-corrected chi connectivity index (χ4v) is 3.93.